The smallest absolute Gasteiger partial charge is 0.252 e. The minimum Gasteiger partial charge on any atom is -0.480 e. The fourth-order valence-electron chi connectivity index (χ4n) is 0.940. The predicted molar refractivity (Wildman–Crippen MR) is 57.0 cm³/mol. The van der Waals surface area contributed by atoms with E-state index in [1.807, 2.05) is 0 Å². The minimum atomic E-state index is -0.543. The van der Waals surface area contributed by atoms with Gasteiger partial charge in [0.2, 0.25) is 0 Å². The van der Waals surface area contributed by atoms with Crippen LogP contribution in [0.25, 0.3) is 0 Å². The lowest BCUT2D eigenvalue weighted by molar-refractivity contribution is 0.0997. The fraction of sp³-hybridized carbons (Fsp3) is 0.100. The highest BCUT2D eigenvalue weighted by Crippen LogP contribution is 2.22. The number of hydrogen-bond acceptors (Lipinski definition) is 2. The zero-order chi connectivity index (χ0) is 10.6. The number of benzene rings is 1. The Morgan fingerprint density at radius 1 is 1.64 bits per heavy atom. The molecule has 72 valence electrons. The molecule has 2 N–H and O–H groups in total. The first-order valence-electron chi connectivity index (χ1n) is 3.80. The van der Waals surface area contributed by atoms with Gasteiger partial charge >= 0.3 is 0 Å². The van der Waals surface area contributed by atoms with Gasteiger partial charge in [0.15, 0.2) is 0 Å². The van der Waals surface area contributed by atoms with Gasteiger partial charge in [0.1, 0.15) is 12.4 Å². The van der Waals surface area contributed by atoms with E-state index in [4.69, 9.17) is 16.9 Å². The van der Waals surface area contributed by atoms with E-state index in [9.17, 15) is 4.79 Å². The van der Waals surface area contributed by atoms with Crippen molar-refractivity contribution in [1.29, 1.82) is 0 Å². The molecule has 1 aromatic rings. The largest absolute Gasteiger partial charge is 0.480 e. The van der Waals surface area contributed by atoms with Crippen LogP contribution in [0.3, 0.4) is 0 Å². The Morgan fingerprint density at radius 3 is 2.93 bits per heavy atom. The molecule has 0 spiro atoms. The number of hydrogen-bond donors (Lipinski definition) is 1. The van der Waals surface area contributed by atoms with Gasteiger partial charge in [-0.05, 0) is 18.2 Å². The Labute approximate surface area is 90.4 Å². The van der Waals surface area contributed by atoms with Gasteiger partial charge in [-0.25, -0.2) is 0 Å². The van der Waals surface area contributed by atoms with Crippen molar-refractivity contribution in [3.63, 3.8) is 0 Å². The summed E-state index contributed by atoms with van der Waals surface area (Å²) < 4.78 is 5.91. The van der Waals surface area contributed by atoms with E-state index in [0.717, 1.165) is 4.47 Å². The Bertz CT molecular complexity index is 396. The zero-order valence-electron chi connectivity index (χ0n) is 7.29. The highest BCUT2D eigenvalue weighted by Gasteiger charge is 2.09. The molecule has 1 amide bonds. The van der Waals surface area contributed by atoms with E-state index in [-0.39, 0.29) is 6.61 Å². The van der Waals surface area contributed by atoms with Crippen molar-refractivity contribution in [2.24, 2.45) is 5.73 Å². The Hall–Kier alpha value is -1.47. The molecule has 0 aliphatic heterocycles. The first-order chi connectivity index (χ1) is 6.65. The van der Waals surface area contributed by atoms with Crippen LogP contribution < -0.4 is 10.5 Å². The second-order valence-corrected chi connectivity index (χ2v) is 3.41. The van der Waals surface area contributed by atoms with E-state index in [0.29, 0.717) is 11.3 Å². The summed E-state index contributed by atoms with van der Waals surface area (Å²) >= 11 is 3.23. The first-order valence-corrected chi connectivity index (χ1v) is 4.60. The van der Waals surface area contributed by atoms with Crippen LogP contribution in [-0.4, -0.2) is 12.5 Å². The summed E-state index contributed by atoms with van der Waals surface area (Å²) in [6.07, 6.45) is 5.03. The van der Waals surface area contributed by atoms with Gasteiger partial charge in [0.25, 0.3) is 5.91 Å². The molecule has 0 unspecified atom stereocenters. The van der Waals surface area contributed by atoms with Gasteiger partial charge in [0.05, 0.1) is 5.56 Å². The van der Waals surface area contributed by atoms with Crippen LogP contribution in [0.5, 0.6) is 5.75 Å². The molecule has 1 aromatic carbocycles. The lowest BCUT2D eigenvalue weighted by Crippen LogP contribution is -2.13. The van der Waals surface area contributed by atoms with Crippen LogP contribution in [0.2, 0.25) is 0 Å². The molecule has 4 heteroatoms. The molecular weight excluding hydrogens is 246 g/mol. The summed E-state index contributed by atoms with van der Waals surface area (Å²) in [4.78, 5) is 11.0. The lowest BCUT2D eigenvalue weighted by atomic mass is 10.2. The summed E-state index contributed by atoms with van der Waals surface area (Å²) in [6, 6.07) is 4.98. The molecule has 0 aromatic heterocycles. The molecule has 0 heterocycles. The number of carbonyl (C=O) groups is 1. The first kappa shape index (κ1) is 10.6. The molecule has 0 saturated carbocycles. The Morgan fingerprint density at radius 2 is 2.36 bits per heavy atom. The fourth-order valence-corrected chi connectivity index (χ4v) is 1.30. The molecule has 0 saturated heterocycles. The monoisotopic (exact) mass is 253 g/mol. The summed E-state index contributed by atoms with van der Waals surface area (Å²) in [5.74, 6) is 2.17. The standard InChI is InChI=1S/C10H8BrNO2/c1-2-5-14-9-4-3-7(11)6-8(9)10(12)13/h1,3-4,6H,5H2,(H2,12,13). The van der Waals surface area contributed by atoms with Crippen molar-refractivity contribution < 1.29 is 9.53 Å². The summed E-state index contributed by atoms with van der Waals surface area (Å²) in [5, 5.41) is 0. The molecule has 14 heavy (non-hydrogen) atoms. The van der Waals surface area contributed by atoms with Gasteiger partial charge < -0.3 is 10.5 Å². The molecule has 0 radical (unpaired) electrons. The van der Waals surface area contributed by atoms with Crippen LogP contribution >= 0.6 is 15.9 Å². The second kappa shape index (κ2) is 4.68. The third-order valence-corrected chi connectivity index (χ3v) is 2.01. The summed E-state index contributed by atoms with van der Waals surface area (Å²) in [7, 11) is 0. The summed E-state index contributed by atoms with van der Waals surface area (Å²) in [5.41, 5.74) is 5.48. The van der Waals surface area contributed by atoms with E-state index < -0.39 is 5.91 Å². The Kier molecular flexibility index (Phi) is 3.55. The molecule has 0 aliphatic carbocycles. The van der Waals surface area contributed by atoms with Gasteiger partial charge in [0, 0.05) is 4.47 Å². The number of ether oxygens (including phenoxy) is 1. The van der Waals surface area contributed by atoms with Crippen LogP contribution in [0.15, 0.2) is 22.7 Å². The van der Waals surface area contributed by atoms with E-state index >= 15 is 0 Å². The number of carbonyl (C=O) groups excluding carboxylic acids is 1. The molecule has 0 fully saturated rings. The number of terminal acetylenes is 1. The van der Waals surface area contributed by atoms with Crippen molar-refractivity contribution >= 4 is 21.8 Å². The van der Waals surface area contributed by atoms with Gasteiger partial charge in [-0.1, -0.05) is 21.9 Å². The van der Waals surface area contributed by atoms with Crippen LogP contribution in [0.1, 0.15) is 10.4 Å². The van der Waals surface area contributed by atoms with Crippen molar-refractivity contribution in [2.45, 2.75) is 0 Å². The maximum Gasteiger partial charge on any atom is 0.252 e. The van der Waals surface area contributed by atoms with Crippen molar-refractivity contribution in [3.8, 4) is 18.1 Å². The number of nitrogens with two attached hydrogens (primary N) is 1. The third kappa shape index (κ3) is 2.51. The molecule has 3 nitrogen and oxygen atoms in total. The third-order valence-electron chi connectivity index (χ3n) is 1.52. The number of primary amides is 1. The van der Waals surface area contributed by atoms with Crippen LogP contribution in [0.4, 0.5) is 0 Å². The SMILES string of the molecule is C#CCOc1ccc(Br)cc1C(N)=O. The topological polar surface area (TPSA) is 52.3 Å². The predicted octanol–water partition coefficient (Wildman–Crippen LogP) is 1.56. The minimum absolute atomic E-state index is 0.113. The van der Waals surface area contributed by atoms with Crippen molar-refractivity contribution in [3.05, 3.63) is 28.2 Å². The molecule has 0 bridgehead atoms. The quantitative estimate of drug-likeness (QED) is 0.832. The van der Waals surface area contributed by atoms with E-state index in [1.54, 1.807) is 18.2 Å². The average Bonchev–Trinajstić information content (AvgIpc) is 2.15. The average molecular weight is 254 g/mol. The van der Waals surface area contributed by atoms with Crippen LogP contribution in [0, 0.1) is 12.3 Å². The number of amides is 1. The highest BCUT2D eigenvalue weighted by molar-refractivity contribution is 9.10. The number of rotatable bonds is 3. The van der Waals surface area contributed by atoms with Crippen molar-refractivity contribution in [2.75, 3.05) is 6.61 Å². The highest BCUT2D eigenvalue weighted by atomic mass is 79.9. The molecule has 0 aliphatic rings. The van der Waals surface area contributed by atoms with E-state index in [1.165, 1.54) is 0 Å². The maximum atomic E-state index is 11.0. The van der Waals surface area contributed by atoms with Gasteiger partial charge in [-0.15, -0.1) is 6.42 Å². The van der Waals surface area contributed by atoms with Crippen LogP contribution in [-0.2, 0) is 0 Å². The van der Waals surface area contributed by atoms with E-state index in [2.05, 4.69) is 21.9 Å². The molecule has 1 rings (SSSR count). The maximum absolute atomic E-state index is 11.0. The normalized spacial score (nSPS) is 9.14. The Balaban J connectivity index is 3.03. The zero-order valence-corrected chi connectivity index (χ0v) is 8.87. The number of halogens is 1. The molecular formula is C10H8BrNO2. The van der Waals surface area contributed by atoms with Gasteiger partial charge in [-0.2, -0.15) is 0 Å². The molecule has 0 atom stereocenters. The van der Waals surface area contributed by atoms with Crippen molar-refractivity contribution in [1.82, 2.24) is 0 Å². The summed E-state index contributed by atoms with van der Waals surface area (Å²) in [6.45, 7) is 0.113. The lowest BCUT2D eigenvalue weighted by Gasteiger charge is -2.06. The second-order valence-electron chi connectivity index (χ2n) is 2.50. The van der Waals surface area contributed by atoms with Gasteiger partial charge in [-0.3, -0.25) is 4.79 Å².